The fourth-order valence-corrected chi connectivity index (χ4v) is 6.65. The lowest BCUT2D eigenvalue weighted by Gasteiger charge is -2.14. The summed E-state index contributed by atoms with van der Waals surface area (Å²) in [7, 11) is 0. The molecule has 6 heteroatoms. The summed E-state index contributed by atoms with van der Waals surface area (Å²) in [6.45, 7) is 12.7. The Morgan fingerprint density at radius 3 is 2.16 bits per heavy atom. The van der Waals surface area contributed by atoms with Crippen molar-refractivity contribution in [3.8, 4) is 34.1 Å². The minimum atomic E-state index is -0.333. The standard InChI is InChI=1S/C38H33FN4O/c1-22-15-24(3)37(25(4)16-22)38-26(5)41-43(27(38)6)29-17-23(2)18-31(20-29)44-30-11-12-33-32-9-7-8-10-34(32)42(35(33)21-30)36-19-28(39)13-14-40-36/h7-21H,1-6H3. The van der Waals surface area contributed by atoms with Crippen LogP contribution in [0, 0.1) is 47.4 Å². The van der Waals surface area contributed by atoms with Crippen molar-refractivity contribution in [2.75, 3.05) is 0 Å². The highest BCUT2D eigenvalue weighted by Gasteiger charge is 2.19. The molecule has 3 aromatic heterocycles. The average Bonchev–Trinajstić information content (AvgIpc) is 3.45. The highest BCUT2D eigenvalue weighted by molar-refractivity contribution is 6.09. The molecule has 0 aliphatic rings. The van der Waals surface area contributed by atoms with Crippen molar-refractivity contribution in [2.24, 2.45) is 0 Å². The monoisotopic (exact) mass is 580 g/mol. The summed E-state index contributed by atoms with van der Waals surface area (Å²) in [6, 6.07) is 27.6. The highest BCUT2D eigenvalue weighted by Crippen LogP contribution is 2.37. The van der Waals surface area contributed by atoms with Gasteiger partial charge in [-0.05, 0) is 100 Å². The van der Waals surface area contributed by atoms with Crippen LogP contribution in [0.2, 0.25) is 0 Å². The van der Waals surface area contributed by atoms with Gasteiger partial charge in [-0.3, -0.25) is 4.57 Å². The number of para-hydroxylation sites is 1. The van der Waals surface area contributed by atoms with E-state index >= 15 is 0 Å². The van der Waals surface area contributed by atoms with Gasteiger partial charge in [0, 0.05) is 46.4 Å². The van der Waals surface area contributed by atoms with Gasteiger partial charge in [-0.25, -0.2) is 14.1 Å². The Morgan fingerprint density at radius 2 is 1.39 bits per heavy atom. The lowest BCUT2D eigenvalue weighted by Crippen LogP contribution is -2.01. The molecule has 44 heavy (non-hydrogen) atoms. The van der Waals surface area contributed by atoms with E-state index in [-0.39, 0.29) is 5.82 Å². The number of benzene rings is 4. The molecule has 0 bridgehead atoms. The van der Waals surface area contributed by atoms with E-state index in [1.54, 1.807) is 0 Å². The number of hydrogen-bond donors (Lipinski definition) is 0. The van der Waals surface area contributed by atoms with Gasteiger partial charge in [0.25, 0.3) is 0 Å². The van der Waals surface area contributed by atoms with E-state index in [1.807, 2.05) is 51.7 Å². The Balaban J connectivity index is 1.31. The van der Waals surface area contributed by atoms with E-state index in [2.05, 4.69) is 76.9 Å². The van der Waals surface area contributed by atoms with Crippen molar-refractivity contribution < 1.29 is 9.13 Å². The second-order valence-electron chi connectivity index (χ2n) is 11.7. The minimum absolute atomic E-state index is 0.333. The SMILES string of the molecule is Cc1cc(Oc2ccc3c4ccccc4n(-c4cc(F)ccn4)c3c2)cc(-n2nc(C)c(-c3c(C)cc(C)cc3C)c2C)c1. The summed E-state index contributed by atoms with van der Waals surface area (Å²) in [6.07, 6.45) is 1.49. The molecule has 0 aliphatic heterocycles. The summed E-state index contributed by atoms with van der Waals surface area (Å²) in [4.78, 5) is 4.48. The van der Waals surface area contributed by atoms with Gasteiger partial charge < -0.3 is 4.74 Å². The molecule has 0 amide bonds. The molecule has 7 aromatic rings. The summed E-state index contributed by atoms with van der Waals surface area (Å²) >= 11 is 0. The number of ether oxygens (including phenoxy) is 1. The van der Waals surface area contributed by atoms with Crippen molar-refractivity contribution in [1.29, 1.82) is 0 Å². The molecular formula is C38H33FN4O. The van der Waals surface area contributed by atoms with E-state index in [0.717, 1.165) is 44.4 Å². The summed E-state index contributed by atoms with van der Waals surface area (Å²) in [5, 5.41) is 7.10. The second-order valence-corrected chi connectivity index (χ2v) is 11.7. The average molecular weight is 581 g/mol. The van der Waals surface area contributed by atoms with E-state index in [9.17, 15) is 4.39 Å². The molecule has 0 fully saturated rings. The maximum atomic E-state index is 14.3. The zero-order valence-electron chi connectivity index (χ0n) is 25.7. The molecule has 218 valence electrons. The van der Waals surface area contributed by atoms with Crippen molar-refractivity contribution >= 4 is 21.8 Å². The van der Waals surface area contributed by atoms with Crippen molar-refractivity contribution in [2.45, 2.75) is 41.5 Å². The summed E-state index contributed by atoms with van der Waals surface area (Å²) in [5.74, 6) is 1.57. The van der Waals surface area contributed by atoms with Crippen LogP contribution in [0.25, 0.3) is 44.4 Å². The molecule has 0 atom stereocenters. The van der Waals surface area contributed by atoms with Crippen molar-refractivity contribution in [3.05, 3.63) is 131 Å². The van der Waals surface area contributed by atoms with Gasteiger partial charge in [0.05, 0.1) is 22.4 Å². The first kappa shape index (κ1) is 27.6. The first-order valence-electron chi connectivity index (χ1n) is 14.8. The Labute approximate surface area is 256 Å². The van der Waals surface area contributed by atoms with Crippen LogP contribution in [0.1, 0.15) is 33.6 Å². The molecule has 0 saturated heterocycles. The third kappa shape index (κ3) is 4.63. The van der Waals surface area contributed by atoms with Crippen LogP contribution in [-0.2, 0) is 0 Å². The lowest BCUT2D eigenvalue weighted by atomic mass is 9.92. The topological polar surface area (TPSA) is 44.9 Å². The Morgan fingerprint density at radius 1 is 0.659 bits per heavy atom. The predicted octanol–water partition coefficient (Wildman–Crippen LogP) is 9.81. The van der Waals surface area contributed by atoms with Gasteiger partial charge in [-0.2, -0.15) is 5.10 Å². The Hall–Kier alpha value is -5.23. The van der Waals surface area contributed by atoms with E-state index in [1.165, 1.54) is 46.1 Å². The Kier molecular flexibility index (Phi) is 6.58. The summed E-state index contributed by atoms with van der Waals surface area (Å²) in [5.41, 5.74) is 12.1. The third-order valence-corrected chi connectivity index (χ3v) is 8.32. The Bertz CT molecular complexity index is 2220. The zero-order valence-corrected chi connectivity index (χ0v) is 25.7. The zero-order chi connectivity index (χ0) is 30.7. The van der Waals surface area contributed by atoms with Gasteiger partial charge in [0.15, 0.2) is 0 Å². The van der Waals surface area contributed by atoms with E-state index < -0.39 is 0 Å². The molecule has 4 aromatic carbocycles. The number of halogens is 1. The smallest absolute Gasteiger partial charge is 0.140 e. The largest absolute Gasteiger partial charge is 0.457 e. The van der Waals surface area contributed by atoms with Gasteiger partial charge in [-0.1, -0.05) is 35.9 Å². The van der Waals surface area contributed by atoms with E-state index in [0.29, 0.717) is 17.3 Å². The van der Waals surface area contributed by atoms with Crippen LogP contribution in [0.3, 0.4) is 0 Å². The number of hydrogen-bond acceptors (Lipinski definition) is 3. The maximum absolute atomic E-state index is 14.3. The number of pyridine rings is 1. The molecule has 0 spiro atoms. The van der Waals surface area contributed by atoms with Gasteiger partial charge in [0.2, 0.25) is 0 Å². The van der Waals surface area contributed by atoms with Gasteiger partial charge >= 0.3 is 0 Å². The molecule has 3 heterocycles. The fraction of sp³-hybridized carbons (Fsp3) is 0.158. The normalized spacial score (nSPS) is 11.5. The molecule has 0 N–H and O–H groups in total. The number of rotatable bonds is 5. The lowest BCUT2D eigenvalue weighted by molar-refractivity contribution is 0.482. The second kappa shape index (κ2) is 10.5. The molecule has 0 aliphatic carbocycles. The first-order valence-corrected chi connectivity index (χ1v) is 14.8. The molecule has 0 unspecified atom stereocenters. The van der Waals surface area contributed by atoms with Crippen LogP contribution in [0.5, 0.6) is 11.5 Å². The van der Waals surface area contributed by atoms with Crippen molar-refractivity contribution in [3.63, 3.8) is 0 Å². The van der Waals surface area contributed by atoms with Gasteiger partial charge in [0.1, 0.15) is 23.1 Å². The molecule has 7 rings (SSSR count). The summed E-state index contributed by atoms with van der Waals surface area (Å²) < 4.78 is 24.8. The number of aromatic nitrogens is 4. The fourth-order valence-electron chi connectivity index (χ4n) is 6.65. The molecule has 5 nitrogen and oxygen atoms in total. The van der Waals surface area contributed by atoms with Crippen molar-refractivity contribution in [1.82, 2.24) is 19.3 Å². The number of nitrogens with zero attached hydrogens (tertiary/aromatic N) is 4. The molecule has 0 saturated carbocycles. The van der Waals surface area contributed by atoms with Crippen LogP contribution in [0.15, 0.2) is 91.1 Å². The van der Waals surface area contributed by atoms with Gasteiger partial charge in [-0.15, -0.1) is 0 Å². The number of aryl methyl sites for hydroxylation is 5. The van der Waals surface area contributed by atoms with Crippen LogP contribution in [0.4, 0.5) is 4.39 Å². The molecule has 0 radical (unpaired) electrons. The predicted molar refractivity (Wildman–Crippen MR) is 176 cm³/mol. The van der Waals surface area contributed by atoms with E-state index in [4.69, 9.17) is 9.84 Å². The third-order valence-electron chi connectivity index (χ3n) is 8.32. The molecular weight excluding hydrogens is 547 g/mol. The minimum Gasteiger partial charge on any atom is -0.457 e. The number of fused-ring (bicyclic) bond motifs is 3. The van der Waals surface area contributed by atoms with Crippen LogP contribution >= 0.6 is 0 Å². The first-order chi connectivity index (χ1) is 21.2. The highest BCUT2D eigenvalue weighted by atomic mass is 19.1. The quantitative estimate of drug-likeness (QED) is 0.204. The van der Waals surface area contributed by atoms with Crippen LogP contribution in [-0.4, -0.2) is 19.3 Å². The maximum Gasteiger partial charge on any atom is 0.140 e. The van der Waals surface area contributed by atoms with Crippen LogP contribution < -0.4 is 4.74 Å².